The fourth-order valence-corrected chi connectivity index (χ4v) is 3.39. The summed E-state index contributed by atoms with van der Waals surface area (Å²) in [6, 6.07) is 3.74. The van der Waals surface area contributed by atoms with Gasteiger partial charge >= 0.3 is 0 Å². The Bertz CT molecular complexity index is 952. The molecule has 104 valence electrons. The summed E-state index contributed by atoms with van der Waals surface area (Å²) in [4.78, 5) is 20.8. The summed E-state index contributed by atoms with van der Waals surface area (Å²) >= 11 is 2.94. The zero-order chi connectivity index (χ0) is 14.2. The molecule has 0 unspecified atom stereocenters. The van der Waals surface area contributed by atoms with Crippen molar-refractivity contribution in [3.05, 3.63) is 50.8 Å². The van der Waals surface area contributed by atoms with Crippen molar-refractivity contribution >= 4 is 32.9 Å². The molecule has 0 atom stereocenters. The van der Waals surface area contributed by atoms with Crippen LogP contribution in [0.3, 0.4) is 0 Å². The Kier molecular flexibility index (Phi) is 2.90. The number of fused-ring (bicyclic) bond motifs is 1. The number of rotatable bonds is 3. The Balaban J connectivity index is 1.68. The van der Waals surface area contributed by atoms with Gasteiger partial charge in [-0.15, -0.1) is 11.3 Å². The van der Waals surface area contributed by atoms with E-state index >= 15 is 0 Å². The van der Waals surface area contributed by atoms with Crippen molar-refractivity contribution in [1.29, 1.82) is 0 Å². The predicted molar refractivity (Wildman–Crippen MR) is 80.6 cm³/mol. The average molecular weight is 316 g/mol. The van der Waals surface area contributed by atoms with Crippen molar-refractivity contribution in [3.8, 4) is 11.5 Å². The quantitative estimate of drug-likeness (QED) is 0.581. The van der Waals surface area contributed by atoms with Crippen LogP contribution < -0.4 is 5.56 Å². The fourth-order valence-electron chi connectivity index (χ4n) is 1.97. The lowest BCUT2D eigenvalue weighted by Gasteiger charge is -2.00. The predicted octanol–water partition coefficient (Wildman–Crippen LogP) is 2.62. The molecule has 6 nitrogen and oxygen atoms in total. The van der Waals surface area contributed by atoms with Crippen LogP contribution in [0.25, 0.3) is 21.7 Å². The highest BCUT2D eigenvalue weighted by molar-refractivity contribution is 7.17. The Labute approximate surface area is 126 Å². The van der Waals surface area contributed by atoms with E-state index in [0.717, 1.165) is 5.56 Å². The second-order valence-electron chi connectivity index (χ2n) is 4.34. The molecule has 0 aliphatic heterocycles. The molecule has 0 amide bonds. The van der Waals surface area contributed by atoms with E-state index in [2.05, 4.69) is 15.1 Å². The first-order valence-electron chi connectivity index (χ1n) is 6.09. The van der Waals surface area contributed by atoms with Gasteiger partial charge in [-0.05, 0) is 22.9 Å². The second-order valence-corrected chi connectivity index (χ2v) is 6.04. The van der Waals surface area contributed by atoms with E-state index < -0.39 is 0 Å². The van der Waals surface area contributed by atoms with Crippen molar-refractivity contribution in [3.63, 3.8) is 0 Å². The molecule has 4 rings (SSSR count). The van der Waals surface area contributed by atoms with Crippen molar-refractivity contribution in [2.24, 2.45) is 0 Å². The van der Waals surface area contributed by atoms with Crippen molar-refractivity contribution in [2.75, 3.05) is 0 Å². The minimum atomic E-state index is -0.0862. The van der Waals surface area contributed by atoms with E-state index in [9.17, 15) is 4.79 Å². The van der Waals surface area contributed by atoms with E-state index in [-0.39, 0.29) is 12.1 Å². The van der Waals surface area contributed by atoms with Crippen LogP contribution in [0.5, 0.6) is 0 Å². The minimum Gasteiger partial charge on any atom is -0.334 e. The van der Waals surface area contributed by atoms with Gasteiger partial charge in [0.1, 0.15) is 4.70 Å². The van der Waals surface area contributed by atoms with Gasteiger partial charge in [0.2, 0.25) is 0 Å². The molecule has 4 aromatic heterocycles. The molecule has 0 radical (unpaired) electrons. The SMILES string of the molecule is O=c1c2sccc2ncn1Cc1noc(-c2ccsc2)n1. The van der Waals surface area contributed by atoms with Gasteiger partial charge in [0.05, 0.1) is 24.0 Å². The summed E-state index contributed by atoms with van der Waals surface area (Å²) in [5.41, 5.74) is 1.52. The highest BCUT2D eigenvalue weighted by Crippen LogP contribution is 2.20. The maximum atomic E-state index is 12.3. The second kappa shape index (κ2) is 4.90. The third-order valence-electron chi connectivity index (χ3n) is 2.98. The largest absolute Gasteiger partial charge is 0.334 e. The normalized spacial score (nSPS) is 11.2. The molecular formula is C13H8N4O2S2. The molecule has 0 N–H and O–H groups in total. The van der Waals surface area contributed by atoms with Crippen LogP contribution in [0.1, 0.15) is 5.82 Å². The maximum absolute atomic E-state index is 12.3. The van der Waals surface area contributed by atoms with Crippen molar-refractivity contribution in [1.82, 2.24) is 19.7 Å². The summed E-state index contributed by atoms with van der Waals surface area (Å²) in [6.45, 7) is 0.243. The molecule has 4 aromatic rings. The van der Waals surface area contributed by atoms with Gasteiger partial charge in [-0.1, -0.05) is 5.16 Å². The van der Waals surface area contributed by atoms with Crippen LogP contribution >= 0.6 is 22.7 Å². The van der Waals surface area contributed by atoms with Gasteiger partial charge in [0, 0.05) is 5.38 Å². The highest BCUT2D eigenvalue weighted by Gasteiger charge is 2.11. The Hall–Kier alpha value is -2.32. The van der Waals surface area contributed by atoms with Gasteiger partial charge in [-0.3, -0.25) is 9.36 Å². The number of aromatic nitrogens is 4. The van der Waals surface area contributed by atoms with E-state index in [1.54, 1.807) is 11.3 Å². The van der Waals surface area contributed by atoms with Crippen LogP contribution in [0.4, 0.5) is 0 Å². The first-order valence-corrected chi connectivity index (χ1v) is 7.91. The van der Waals surface area contributed by atoms with Crippen LogP contribution in [0.2, 0.25) is 0 Å². The van der Waals surface area contributed by atoms with Gasteiger partial charge in [0.15, 0.2) is 5.82 Å². The average Bonchev–Trinajstić information content (AvgIpc) is 3.21. The Morgan fingerprint density at radius 1 is 1.29 bits per heavy atom. The molecule has 0 bridgehead atoms. The molecule has 0 spiro atoms. The lowest BCUT2D eigenvalue weighted by Crippen LogP contribution is -2.20. The van der Waals surface area contributed by atoms with E-state index in [4.69, 9.17) is 4.52 Å². The van der Waals surface area contributed by atoms with Crippen LogP contribution in [-0.4, -0.2) is 19.7 Å². The molecule has 0 aliphatic carbocycles. The standard InChI is InChI=1S/C13H8N4O2S2/c18-13-11-9(2-4-21-11)14-7-17(13)5-10-15-12(19-16-10)8-1-3-20-6-8/h1-4,6-7H,5H2. The van der Waals surface area contributed by atoms with Crippen LogP contribution in [0, 0.1) is 0 Å². The molecule has 0 aromatic carbocycles. The Morgan fingerprint density at radius 3 is 3.10 bits per heavy atom. The zero-order valence-corrected chi connectivity index (χ0v) is 12.2. The molecule has 0 saturated heterocycles. The molecular weight excluding hydrogens is 308 g/mol. The number of thiophene rings is 2. The summed E-state index contributed by atoms with van der Waals surface area (Å²) in [7, 11) is 0. The van der Waals surface area contributed by atoms with E-state index in [1.165, 1.54) is 22.2 Å². The fraction of sp³-hybridized carbons (Fsp3) is 0.0769. The molecule has 4 heterocycles. The smallest absolute Gasteiger partial charge is 0.271 e. The molecule has 0 saturated carbocycles. The lowest BCUT2D eigenvalue weighted by atomic mass is 10.3. The summed E-state index contributed by atoms with van der Waals surface area (Å²) < 4.78 is 7.33. The lowest BCUT2D eigenvalue weighted by molar-refractivity contribution is 0.420. The third kappa shape index (κ3) is 2.18. The molecule has 0 fully saturated rings. The zero-order valence-electron chi connectivity index (χ0n) is 10.6. The van der Waals surface area contributed by atoms with Crippen LogP contribution in [0.15, 0.2) is 43.9 Å². The van der Waals surface area contributed by atoms with Crippen molar-refractivity contribution in [2.45, 2.75) is 6.54 Å². The first kappa shape index (κ1) is 12.4. The first-order chi connectivity index (χ1) is 10.3. The topological polar surface area (TPSA) is 73.8 Å². The van der Waals surface area contributed by atoms with E-state index in [1.807, 2.05) is 28.3 Å². The maximum Gasteiger partial charge on any atom is 0.271 e. The highest BCUT2D eigenvalue weighted by atomic mass is 32.1. The number of hydrogen-bond acceptors (Lipinski definition) is 7. The number of nitrogens with zero attached hydrogens (tertiary/aromatic N) is 4. The van der Waals surface area contributed by atoms with Gasteiger partial charge < -0.3 is 4.52 Å². The molecule has 8 heteroatoms. The van der Waals surface area contributed by atoms with Gasteiger partial charge in [0.25, 0.3) is 11.4 Å². The summed E-state index contributed by atoms with van der Waals surface area (Å²) in [5.74, 6) is 0.917. The van der Waals surface area contributed by atoms with E-state index in [0.29, 0.717) is 21.9 Å². The summed E-state index contributed by atoms with van der Waals surface area (Å²) in [5, 5.41) is 9.64. The molecule has 0 aliphatic rings. The van der Waals surface area contributed by atoms with Gasteiger partial charge in [-0.25, -0.2) is 4.98 Å². The minimum absolute atomic E-state index is 0.0862. The summed E-state index contributed by atoms with van der Waals surface area (Å²) in [6.07, 6.45) is 1.51. The number of hydrogen-bond donors (Lipinski definition) is 0. The molecule has 21 heavy (non-hydrogen) atoms. The van der Waals surface area contributed by atoms with Crippen LogP contribution in [-0.2, 0) is 6.54 Å². The monoisotopic (exact) mass is 316 g/mol. The Morgan fingerprint density at radius 2 is 2.24 bits per heavy atom. The third-order valence-corrected chi connectivity index (χ3v) is 4.56. The van der Waals surface area contributed by atoms with Crippen molar-refractivity contribution < 1.29 is 4.52 Å². The van der Waals surface area contributed by atoms with Gasteiger partial charge in [-0.2, -0.15) is 16.3 Å².